The van der Waals surface area contributed by atoms with E-state index in [4.69, 9.17) is 0 Å². The first-order valence-corrected chi connectivity index (χ1v) is 8.32. The Bertz CT molecular complexity index is 544. The molecule has 0 atom stereocenters. The third kappa shape index (κ3) is 7.00. The number of hydrogen-bond donors (Lipinski definition) is 2. The van der Waals surface area contributed by atoms with E-state index in [0.717, 1.165) is 18.7 Å². The van der Waals surface area contributed by atoms with E-state index in [0.29, 0.717) is 24.6 Å². The minimum absolute atomic E-state index is 0.0732. The molecule has 24 heavy (non-hydrogen) atoms. The standard InChI is InChI=1S/C18H30N4O2/c1-14(2)13-22(10-9-21(4)5)18(24)20-12-15-7-6-8-16(11-15)17(23)19-3/h6-8,11,14H,9-10,12-13H2,1-5H3,(H,19,23)(H,20,24). The molecular weight excluding hydrogens is 304 g/mol. The summed E-state index contributed by atoms with van der Waals surface area (Å²) >= 11 is 0. The lowest BCUT2D eigenvalue weighted by atomic mass is 10.1. The fourth-order valence-corrected chi connectivity index (χ4v) is 2.29. The van der Waals surface area contributed by atoms with Crippen LogP contribution in [0.3, 0.4) is 0 Å². The van der Waals surface area contributed by atoms with E-state index < -0.39 is 0 Å². The van der Waals surface area contributed by atoms with E-state index >= 15 is 0 Å². The molecule has 2 N–H and O–H groups in total. The van der Waals surface area contributed by atoms with Crippen LogP contribution in [0.2, 0.25) is 0 Å². The molecule has 0 radical (unpaired) electrons. The Morgan fingerprint density at radius 2 is 1.88 bits per heavy atom. The molecule has 6 heteroatoms. The molecule has 3 amide bonds. The second-order valence-electron chi connectivity index (χ2n) is 6.58. The Balaban J connectivity index is 2.65. The van der Waals surface area contributed by atoms with Crippen molar-refractivity contribution in [2.24, 2.45) is 5.92 Å². The highest BCUT2D eigenvalue weighted by Gasteiger charge is 2.15. The van der Waals surface area contributed by atoms with Gasteiger partial charge >= 0.3 is 6.03 Å². The Morgan fingerprint density at radius 3 is 2.46 bits per heavy atom. The van der Waals surface area contributed by atoms with Crippen LogP contribution in [0.1, 0.15) is 29.8 Å². The van der Waals surface area contributed by atoms with Crippen LogP contribution in [0.25, 0.3) is 0 Å². The minimum atomic E-state index is -0.129. The van der Waals surface area contributed by atoms with E-state index in [-0.39, 0.29) is 11.9 Å². The molecule has 0 fully saturated rings. The largest absolute Gasteiger partial charge is 0.355 e. The van der Waals surface area contributed by atoms with Crippen LogP contribution in [-0.2, 0) is 6.54 Å². The number of carbonyl (C=O) groups is 2. The third-order valence-electron chi connectivity index (χ3n) is 3.55. The molecule has 0 aliphatic rings. The first-order valence-electron chi connectivity index (χ1n) is 8.32. The quantitative estimate of drug-likeness (QED) is 0.762. The van der Waals surface area contributed by atoms with E-state index in [9.17, 15) is 9.59 Å². The maximum atomic E-state index is 12.5. The van der Waals surface area contributed by atoms with Gasteiger partial charge in [-0.3, -0.25) is 4.79 Å². The van der Waals surface area contributed by atoms with Gasteiger partial charge < -0.3 is 20.4 Å². The molecule has 0 saturated carbocycles. The van der Waals surface area contributed by atoms with Crippen LogP contribution in [0.5, 0.6) is 0 Å². The molecule has 0 spiro atoms. The molecule has 1 aromatic rings. The van der Waals surface area contributed by atoms with Gasteiger partial charge in [0.1, 0.15) is 0 Å². The van der Waals surface area contributed by atoms with Crippen LogP contribution in [-0.4, -0.2) is 62.5 Å². The van der Waals surface area contributed by atoms with Gasteiger partial charge in [-0.25, -0.2) is 4.79 Å². The highest BCUT2D eigenvalue weighted by atomic mass is 16.2. The molecule has 134 valence electrons. The van der Waals surface area contributed by atoms with Gasteiger partial charge in [0, 0.05) is 38.8 Å². The number of likely N-dealkylation sites (N-methyl/N-ethyl adjacent to an activating group) is 1. The summed E-state index contributed by atoms with van der Waals surface area (Å²) in [7, 11) is 5.59. The number of rotatable bonds is 8. The highest BCUT2D eigenvalue weighted by Crippen LogP contribution is 2.06. The number of hydrogen-bond acceptors (Lipinski definition) is 3. The van der Waals surface area contributed by atoms with Gasteiger partial charge in [0.15, 0.2) is 0 Å². The summed E-state index contributed by atoms with van der Waals surface area (Å²) in [4.78, 5) is 28.0. The van der Waals surface area contributed by atoms with Crippen molar-refractivity contribution in [1.29, 1.82) is 0 Å². The Morgan fingerprint density at radius 1 is 1.17 bits per heavy atom. The van der Waals surface area contributed by atoms with Crippen LogP contribution >= 0.6 is 0 Å². The second kappa shape index (κ2) is 9.93. The van der Waals surface area contributed by atoms with Crippen molar-refractivity contribution in [2.75, 3.05) is 40.8 Å². The molecule has 0 heterocycles. The Hall–Kier alpha value is -2.08. The van der Waals surface area contributed by atoms with Crippen molar-refractivity contribution >= 4 is 11.9 Å². The Kier molecular flexibility index (Phi) is 8.26. The molecule has 0 saturated heterocycles. The molecule has 1 aromatic carbocycles. The number of nitrogens with one attached hydrogen (secondary N) is 2. The van der Waals surface area contributed by atoms with Gasteiger partial charge in [0.25, 0.3) is 5.91 Å². The summed E-state index contributed by atoms with van der Waals surface area (Å²) in [6, 6.07) is 7.21. The summed E-state index contributed by atoms with van der Waals surface area (Å²) in [5.74, 6) is 0.282. The van der Waals surface area contributed by atoms with Crippen molar-refractivity contribution in [3.05, 3.63) is 35.4 Å². The Labute approximate surface area is 145 Å². The zero-order valence-electron chi connectivity index (χ0n) is 15.4. The fourth-order valence-electron chi connectivity index (χ4n) is 2.29. The highest BCUT2D eigenvalue weighted by molar-refractivity contribution is 5.94. The molecular formula is C18H30N4O2. The number of amides is 3. The fraction of sp³-hybridized carbons (Fsp3) is 0.556. The van der Waals surface area contributed by atoms with Crippen molar-refractivity contribution in [3.63, 3.8) is 0 Å². The SMILES string of the molecule is CNC(=O)c1cccc(CNC(=O)N(CCN(C)C)CC(C)C)c1. The number of urea groups is 1. The van der Waals surface area contributed by atoms with Crippen LogP contribution in [0.4, 0.5) is 4.79 Å². The molecule has 0 bridgehead atoms. The van der Waals surface area contributed by atoms with E-state index in [1.165, 1.54) is 0 Å². The van der Waals surface area contributed by atoms with Crippen molar-refractivity contribution in [3.8, 4) is 0 Å². The predicted octanol–water partition coefficient (Wildman–Crippen LogP) is 1.78. The maximum absolute atomic E-state index is 12.5. The van der Waals surface area contributed by atoms with E-state index in [1.807, 2.05) is 31.1 Å². The smallest absolute Gasteiger partial charge is 0.317 e. The van der Waals surface area contributed by atoms with Crippen LogP contribution in [0, 0.1) is 5.92 Å². The monoisotopic (exact) mass is 334 g/mol. The van der Waals surface area contributed by atoms with Gasteiger partial charge in [-0.15, -0.1) is 0 Å². The average molecular weight is 334 g/mol. The van der Waals surface area contributed by atoms with Gasteiger partial charge in [0.05, 0.1) is 0 Å². The molecule has 6 nitrogen and oxygen atoms in total. The second-order valence-corrected chi connectivity index (χ2v) is 6.58. The van der Waals surface area contributed by atoms with Crippen LogP contribution in [0.15, 0.2) is 24.3 Å². The molecule has 0 aliphatic carbocycles. The van der Waals surface area contributed by atoms with E-state index in [2.05, 4.69) is 29.4 Å². The number of benzene rings is 1. The third-order valence-corrected chi connectivity index (χ3v) is 3.55. The normalized spacial score (nSPS) is 10.8. The van der Waals surface area contributed by atoms with Crippen molar-refractivity contribution in [2.45, 2.75) is 20.4 Å². The lowest BCUT2D eigenvalue weighted by Crippen LogP contribution is -2.44. The first kappa shape index (κ1) is 20.0. The average Bonchev–Trinajstić information content (AvgIpc) is 2.55. The lowest BCUT2D eigenvalue weighted by Gasteiger charge is -2.26. The number of carbonyl (C=O) groups excluding carboxylic acids is 2. The topological polar surface area (TPSA) is 64.7 Å². The minimum Gasteiger partial charge on any atom is -0.355 e. The van der Waals surface area contributed by atoms with E-state index in [1.54, 1.807) is 19.2 Å². The molecule has 1 rings (SSSR count). The lowest BCUT2D eigenvalue weighted by molar-refractivity contribution is 0.0963. The van der Waals surface area contributed by atoms with Gasteiger partial charge in [-0.1, -0.05) is 26.0 Å². The summed E-state index contributed by atoms with van der Waals surface area (Å²) < 4.78 is 0. The molecule has 0 aromatic heterocycles. The summed E-state index contributed by atoms with van der Waals surface area (Å²) in [5, 5.41) is 5.55. The van der Waals surface area contributed by atoms with Gasteiger partial charge in [0.2, 0.25) is 0 Å². The van der Waals surface area contributed by atoms with Gasteiger partial charge in [-0.05, 0) is 37.7 Å². The molecule has 0 aliphatic heterocycles. The van der Waals surface area contributed by atoms with Crippen LogP contribution < -0.4 is 10.6 Å². The number of nitrogens with zero attached hydrogens (tertiary/aromatic N) is 2. The predicted molar refractivity (Wildman–Crippen MR) is 97.0 cm³/mol. The van der Waals surface area contributed by atoms with Crippen molar-refractivity contribution in [1.82, 2.24) is 20.4 Å². The summed E-state index contributed by atoms with van der Waals surface area (Å²) in [6.45, 7) is 6.84. The first-order chi connectivity index (χ1) is 11.3. The summed E-state index contributed by atoms with van der Waals surface area (Å²) in [6.07, 6.45) is 0. The molecule has 0 unspecified atom stereocenters. The van der Waals surface area contributed by atoms with Crippen molar-refractivity contribution < 1.29 is 9.59 Å². The summed E-state index contributed by atoms with van der Waals surface area (Å²) in [5.41, 5.74) is 1.50. The van der Waals surface area contributed by atoms with Gasteiger partial charge in [-0.2, -0.15) is 0 Å². The maximum Gasteiger partial charge on any atom is 0.317 e. The zero-order valence-corrected chi connectivity index (χ0v) is 15.4. The zero-order chi connectivity index (χ0) is 18.1.